The zero-order valence-corrected chi connectivity index (χ0v) is 22.6. The van der Waals surface area contributed by atoms with Crippen LogP contribution in [0.25, 0.3) is 0 Å². The lowest BCUT2D eigenvalue weighted by Crippen LogP contribution is -2.61. The number of hydrogen-bond acceptors (Lipinski definition) is 4. The van der Waals surface area contributed by atoms with E-state index in [2.05, 4.69) is 10.6 Å². The lowest BCUT2D eigenvalue weighted by Gasteiger charge is -2.40. The highest BCUT2D eigenvalue weighted by atomic mass is 16.4. The van der Waals surface area contributed by atoms with Crippen molar-refractivity contribution in [1.82, 2.24) is 15.5 Å². The quantitative estimate of drug-likeness (QED) is 0.453. The van der Waals surface area contributed by atoms with Gasteiger partial charge in [-0.3, -0.25) is 14.4 Å². The lowest BCUT2D eigenvalue weighted by atomic mass is 9.76. The van der Waals surface area contributed by atoms with Gasteiger partial charge in [0.25, 0.3) is 0 Å². The molecule has 0 unspecified atom stereocenters. The maximum absolute atomic E-state index is 13.7. The average Bonchev–Trinajstić information content (AvgIpc) is 2.74. The minimum Gasteiger partial charge on any atom is -0.481 e. The van der Waals surface area contributed by atoms with Gasteiger partial charge in [-0.15, -0.1) is 0 Å². The number of likely N-dealkylation sites (N-methyl/N-ethyl adjacent to an activating group) is 2. The molecule has 192 valence electrons. The minimum atomic E-state index is -0.882. The van der Waals surface area contributed by atoms with Crippen LogP contribution in [0.4, 0.5) is 0 Å². The Morgan fingerprint density at radius 1 is 0.971 bits per heavy atom. The van der Waals surface area contributed by atoms with Gasteiger partial charge < -0.3 is 20.6 Å². The molecule has 0 saturated heterocycles. The van der Waals surface area contributed by atoms with E-state index in [1.807, 2.05) is 78.8 Å². The van der Waals surface area contributed by atoms with Crippen LogP contribution in [0, 0.1) is 17.3 Å². The van der Waals surface area contributed by atoms with Crippen LogP contribution in [0.1, 0.15) is 67.4 Å². The lowest BCUT2D eigenvalue weighted by molar-refractivity contribution is -0.145. The van der Waals surface area contributed by atoms with Gasteiger partial charge in [0.1, 0.15) is 6.04 Å². The van der Waals surface area contributed by atoms with Gasteiger partial charge in [-0.2, -0.15) is 0 Å². The number of aliphatic carboxylic acids is 1. The summed E-state index contributed by atoms with van der Waals surface area (Å²) in [7, 11) is 3.45. The van der Waals surface area contributed by atoms with Gasteiger partial charge in [0.05, 0.1) is 12.0 Å². The van der Waals surface area contributed by atoms with Crippen LogP contribution in [0.3, 0.4) is 0 Å². The molecule has 0 saturated carbocycles. The zero-order chi connectivity index (χ0) is 26.4. The number of carbonyl (C=O) groups is 3. The molecule has 0 heterocycles. The van der Waals surface area contributed by atoms with E-state index in [0.717, 1.165) is 5.56 Å². The number of rotatable bonds is 11. The van der Waals surface area contributed by atoms with Gasteiger partial charge in [0.2, 0.25) is 11.8 Å². The second-order valence-corrected chi connectivity index (χ2v) is 11.4. The summed E-state index contributed by atoms with van der Waals surface area (Å²) in [6.45, 7) is 15.4. The Hall–Kier alpha value is -2.41. The first-order valence-corrected chi connectivity index (χ1v) is 12.1. The van der Waals surface area contributed by atoms with Gasteiger partial charge in [0, 0.05) is 18.5 Å². The third-order valence-corrected chi connectivity index (χ3v) is 6.82. The number of carboxylic acid groups (broad SMARTS) is 1. The number of carbonyl (C=O) groups excluding carboxylic acids is 2. The summed E-state index contributed by atoms with van der Waals surface area (Å²) in [5, 5.41) is 15.5. The number of nitrogens with zero attached hydrogens (tertiary/aromatic N) is 1. The SMILES string of the molecule is CN[C@@H](C(=O)N[C@H](C(=O)N(C)[C@H](C[C@@H](C)C(=O)O)C(C)C)C(C)(C)C)C(C)(C)c1ccccc1. The maximum atomic E-state index is 13.7. The second-order valence-electron chi connectivity index (χ2n) is 11.4. The molecule has 0 aliphatic rings. The van der Waals surface area contributed by atoms with Crippen molar-refractivity contribution >= 4 is 17.8 Å². The topological polar surface area (TPSA) is 98.7 Å². The molecule has 3 N–H and O–H groups in total. The Kier molecular flexibility index (Phi) is 10.3. The molecular formula is C27H45N3O4. The fourth-order valence-corrected chi connectivity index (χ4v) is 4.44. The first-order valence-electron chi connectivity index (χ1n) is 12.1. The largest absolute Gasteiger partial charge is 0.481 e. The fourth-order valence-electron chi connectivity index (χ4n) is 4.44. The van der Waals surface area contributed by atoms with Crippen LogP contribution in [-0.4, -0.2) is 60.0 Å². The van der Waals surface area contributed by atoms with E-state index in [9.17, 15) is 19.5 Å². The van der Waals surface area contributed by atoms with Crippen LogP contribution in [0.5, 0.6) is 0 Å². The van der Waals surface area contributed by atoms with Gasteiger partial charge in [0.15, 0.2) is 0 Å². The van der Waals surface area contributed by atoms with Crippen LogP contribution in [-0.2, 0) is 19.8 Å². The van der Waals surface area contributed by atoms with Crippen molar-refractivity contribution in [2.24, 2.45) is 17.3 Å². The molecule has 7 nitrogen and oxygen atoms in total. The van der Waals surface area contributed by atoms with Crippen LogP contribution in [0.15, 0.2) is 30.3 Å². The number of nitrogens with one attached hydrogen (secondary N) is 2. The van der Waals surface area contributed by atoms with E-state index >= 15 is 0 Å². The monoisotopic (exact) mass is 475 g/mol. The highest BCUT2D eigenvalue weighted by Crippen LogP contribution is 2.29. The molecular weight excluding hydrogens is 430 g/mol. The molecule has 0 fully saturated rings. The molecule has 2 amide bonds. The smallest absolute Gasteiger partial charge is 0.306 e. The highest BCUT2D eigenvalue weighted by Gasteiger charge is 2.42. The summed E-state index contributed by atoms with van der Waals surface area (Å²) in [5.74, 6) is -1.87. The molecule has 34 heavy (non-hydrogen) atoms. The molecule has 1 aromatic carbocycles. The van der Waals surface area contributed by atoms with Crippen LogP contribution in [0.2, 0.25) is 0 Å². The number of benzene rings is 1. The summed E-state index contributed by atoms with van der Waals surface area (Å²) < 4.78 is 0. The standard InChI is InChI=1S/C27H45N3O4/c1-17(2)20(16-18(3)25(33)34)30(10)24(32)22(26(4,5)6)29-23(31)21(28-9)27(7,8)19-14-12-11-13-15-19/h11-15,17-18,20-22,28H,16H2,1-10H3,(H,29,31)(H,33,34)/t18-,20-,21+,22-/m1/s1. The van der Waals surface area contributed by atoms with E-state index in [1.165, 1.54) is 0 Å². The molecule has 0 radical (unpaired) electrons. The molecule has 0 aliphatic heterocycles. The van der Waals surface area contributed by atoms with Crippen LogP contribution < -0.4 is 10.6 Å². The summed E-state index contributed by atoms with van der Waals surface area (Å²) in [5.41, 5.74) is -0.0480. The van der Waals surface area contributed by atoms with Gasteiger partial charge in [-0.25, -0.2) is 0 Å². The van der Waals surface area contributed by atoms with Crippen molar-refractivity contribution in [2.75, 3.05) is 14.1 Å². The Morgan fingerprint density at radius 3 is 1.91 bits per heavy atom. The second kappa shape index (κ2) is 11.8. The summed E-state index contributed by atoms with van der Waals surface area (Å²) >= 11 is 0. The van der Waals surface area contributed by atoms with Gasteiger partial charge >= 0.3 is 5.97 Å². The summed E-state index contributed by atoms with van der Waals surface area (Å²) in [6.07, 6.45) is 0.347. The molecule has 1 rings (SSSR count). The third-order valence-electron chi connectivity index (χ3n) is 6.82. The van der Waals surface area contributed by atoms with Crippen molar-refractivity contribution in [1.29, 1.82) is 0 Å². The third kappa shape index (κ3) is 7.29. The summed E-state index contributed by atoms with van der Waals surface area (Å²) in [6, 6.07) is 8.23. The van der Waals surface area contributed by atoms with E-state index in [-0.39, 0.29) is 23.8 Å². The van der Waals surface area contributed by atoms with Crippen molar-refractivity contribution in [2.45, 2.75) is 85.4 Å². The fraction of sp³-hybridized carbons (Fsp3) is 0.667. The average molecular weight is 476 g/mol. The molecule has 0 aromatic heterocycles. The van der Waals surface area contributed by atoms with E-state index < -0.39 is 34.8 Å². The predicted octanol–water partition coefficient (Wildman–Crippen LogP) is 3.68. The van der Waals surface area contributed by atoms with E-state index in [1.54, 1.807) is 25.9 Å². The molecule has 1 aromatic rings. The highest BCUT2D eigenvalue weighted by molar-refractivity contribution is 5.91. The first-order chi connectivity index (χ1) is 15.5. The molecule has 0 aliphatic carbocycles. The Morgan fingerprint density at radius 2 is 1.50 bits per heavy atom. The first kappa shape index (κ1) is 29.6. The summed E-state index contributed by atoms with van der Waals surface area (Å²) in [4.78, 5) is 40.3. The number of carboxylic acids is 1. The van der Waals surface area contributed by atoms with E-state index in [4.69, 9.17) is 0 Å². The van der Waals surface area contributed by atoms with Gasteiger partial charge in [-0.1, -0.05) is 85.7 Å². The normalized spacial score (nSPS) is 15.9. The maximum Gasteiger partial charge on any atom is 0.306 e. The predicted molar refractivity (Wildman–Crippen MR) is 137 cm³/mol. The Bertz CT molecular complexity index is 830. The minimum absolute atomic E-state index is 0.0640. The van der Waals surface area contributed by atoms with Crippen LogP contribution >= 0.6 is 0 Å². The number of amides is 2. The molecule has 0 spiro atoms. The van der Waals surface area contributed by atoms with Crippen molar-refractivity contribution in [3.05, 3.63) is 35.9 Å². The molecule has 7 heteroatoms. The molecule has 4 atom stereocenters. The Labute approximate surface area is 205 Å². The van der Waals surface area contributed by atoms with Gasteiger partial charge in [-0.05, 0) is 30.4 Å². The molecule has 0 bridgehead atoms. The number of hydrogen-bond donors (Lipinski definition) is 3. The Balaban J connectivity index is 3.22. The van der Waals surface area contributed by atoms with E-state index in [0.29, 0.717) is 6.42 Å². The van der Waals surface area contributed by atoms with Crippen molar-refractivity contribution in [3.63, 3.8) is 0 Å². The van der Waals surface area contributed by atoms with Crippen molar-refractivity contribution < 1.29 is 19.5 Å². The zero-order valence-electron chi connectivity index (χ0n) is 22.6. The van der Waals surface area contributed by atoms with Crippen molar-refractivity contribution in [3.8, 4) is 0 Å².